The van der Waals surface area contributed by atoms with E-state index in [1.54, 1.807) is 11.3 Å². The van der Waals surface area contributed by atoms with E-state index in [1.165, 1.54) is 37.6 Å². The molecule has 0 radical (unpaired) electrons. The summed E-state index contributed by atoms with van der Waals surface area (Å²) in [7, 11) is 0. The highest BCUT2D eigenvalue weighted by Gasteiger charge is 2.14. The van der Waals surface area contributed by atoms with Crippen molar-refractivity contribution in [1.82, 2.24) is 25.4 Å². The predicted molar refractivity (Wildman–Crippen MR) is 103 cm³/mol. The normalized spacial score (nSPS) is 17.2. The minimum Gasteiger partial charge on any atom is -0.357 e. The third kappa shape index (κ3) is 6.03. The molecule has 0 spiro atoms. The van der Waals surface area contributed by atoms with Gasteiger partial charge in [-0.05, 0) is 27.3 Å². The predicted octanol–water partition coefficient (Wildman–Crippen LogP) is 1.45. The van der Waals surface area contributed by atoms with E-state index in [2.05, 4.69) is 46.2 Å². The Bertz CT molecular complexity index is 519. The lowest BCUT2D eigenvalue weighted by atomic mass is 10.3. The molecule has 0 bridgehead atoms. The van der Waals surface area contributed by atoms with E-state index in [4.69, 9.17) is 4.99 Å². The minimum absolute atomic E-state index is 0.696. The Kier molecular flexibility index (Phi) is 7.94. The van der Waals surface area contributed by atoms with Gasteiger partial charge in [0.25, 0.3) is 0 Å². The van der Waals surface area contributed by atoms with Crippen LogP contribution in [0.15, 0.2) is 4.99 Å². The first-order chi connectivity index (χ1) is 11.6. The highest BCUT2D eigenvalue weighted by Crippen LogP contribution is 2.17. The largest absolute Gasteiger partial charge is 0.357 e. The van der Waals surface area contributed by atoms with Crippen molar-refractivity contribution in [3.05, 3.63) is 15.6 Å². The fraction of sp³-hybridized carbons (Fsp3) is 0.765. The van der Waals surface area contributed by atoms with Crippen LogP contribution in [0.3, 0.4) is 0 Å². The minimum atomic E-state index is 0.696. The van der Waals surface area contributed by atoms with Crippen molar-refractivity contribution >= 4 is 17.3 Å². The number of piperazine rings is 1. The first-order valence-corrected chi connectivity index (χ1v) is 9.83. The Morgan fingerprint density at radius 2 is 1.83 bits per heavy atom. The van der Waals surface area contributed by atoms with E-state index >= 15 is 0 Å². The SMILES string of the molecule is CCNC(=NCc1sc(C)nc1C)NCCN1CCN(CC)CC1. The van der Waals surface area contributed by atoms with E-state index in [0.29, 0.717) is 6.54 Å². The highest BCUT2D eigenvalue weighted by molar-refractivity contribution is 7.11. The summed E-state index contributed by atoms with van der Waals surface area (Å²) in [5, 5.41) is 7.90. The van der Waals surface area contributed by atoms with Crippen LogP contribution in [-0.4, -0.2) is 73.1 Å². The second-order valence-electron chi connectivity index (χ2n) is 6.14. The number of aromatic nitrogens is 1. The zero-order valence-corrected chi connectivity index (χ0v) is 16.4. The van der Waals surface area contributed by atoms with Crippen LogP contribution in [0.5, 0.6) is 0 Å². The average Bonchev–Trinajstić information content (AvgIpc) is 2.91. The summed E-state index contributed by atoms with van der Waals surface area (Å²) in [4.78, 5) is 15.5. The molecule has 1 aliphatic rings. The van der Waals surface area contributed by atoms with Crippen molar-refractivity contribution in [2.24, 2.45) is 4.99 Å². The summed E-state index contributed by atoms with van der Waals surface area (Å²) < 4.78 is 0. The molecular weight excluding hydrogens is 320 g/mol. The zero-order valence-electron chi connectivity index (χ0n) is 15.6. The van der Waals surface area contributed by atoms with Crippen molar-refractivity contribution < 1.29 is 0 Å². The molecule has 1 aliphatic heterocycles. The molecule has 1 fully saturated rings. The summed E-state index contributed by atoms with van der Waals surface area (Å²) in [6, 6.07) is 0. The lowest BCUT2D eigenvalue weighted by Crippen LogP contribution is -2.49. The number of hydrogen-bond donors (Lipinski definition) is 2. The van der Waals surface area contributed by atoms with E-state index in [0.717, 1.165) is 36.3 Å². The molecule has 6 nitrogen and oxygen atoms in total. The number of nitrogens with zero attached hydrogens (tertiary/aromatic N) is 4. The topological polar surface area (TPSA) is 55.8 Å². The maximum atomic E-state index is 4.70. The molecule has 24 heavy (non-hydrogen) atoms. The van der Waals surface area contributed by atoms with Gasteiger partial charge in [0.1, 0.15) is 0 Å². The van der Waals surface area contributed by atoms with Gasteiger partial charge in [0.05, 0.1) is 17.2 Å². The van der Waals surface area contributed by atoms with Crippen molar-refractivity contribution in [3.8, 4) is 0 Å². The van der Waals surface area contributed by atoms with Crippen molar-refractivity contribution in [3.63, 3.8) is 0 Å². The van der Waals surface area contributed by atoms with Gasteiger partial charge < -0.3 is 15.5 Å². The van der Waals surface area contributed by atoms with Crippen LogP contribution >= 0.6 is 11.3 Å². The molecule has 0 atom stereocenters. The van der Waals surface area contributed by atoms with Gasteiger partial charge in [0.15, 0.2) is 5.96 Å². The maximum absolute atomic E-state index is 4.70. The van der Waals surface area contributed by atoms with Gasteiger partial charge >= 0.3 is 0 Å². The van der Waals surface area contributed by atoms with E-state index in [-0.39, 0.29) is 0 Å². The summed E-state index contributed by atoms with van der Waals surface area (Å²) in [6.07, 6.45) is 0. The van der Waals surface area contributed by atoms with Gasteiger partial charge in [-0.25, -0.2) is 9.98 Å². The molecule has 0 aliphatic carbocycles. The van der Waals surface area contributed by atoms with Crippen LogP contribution in [-0.2, 0) is 6.54 Å². The number of hydrogen-bond acceptors (Lipinski definition) is 5. The Balaban J connectivity index is 1.76. The monoisotopic (exact) mass is 352 g/mol. The van der Waals surface area contributed by atoms with Crippen molar-refractivity contribution in [2.75, 3.05) is 52.4 Å². The zero-order chi connectivity index (χ0) is 17.4. The average molecular weight is 353 g/mol. The summed E-state index contributed by atoms with van der Waals surface area (Å²) in [6.45, 7) is 17.9. The molecule has 136 valence electrons. The number of thiazole rings is 1. The summed E-state index contributed by atoms with van der Waals surface area (Å²) in [5.74, 6) is 0.898. The number of rotatable bonds is 7. The number of nitrogens with one attached hydrogen (secondary N) is 2. The van der Waals surface area contributed by atoms with Gasteiger partial charge in [-0.15, -0.1) is 11.3 Å². The fourth-order valence-electron chi connectivity index (χ4n) is 2.87. The Hall–Kier alpha value is -1.18. The van der Waals surface area contributed by atoms with Crippen LogP contribution in [0.2, 0.25) is 0 Å². The molecular formula is C17H32N6S. The lowest BCUT2D eigenvalue weighted by Gasteiger charge is -2.34. The molecule has 0 saturated carbocycles. The second kappa shape index (κ2) is 9.96. The molecule has 0 amide bonds. The summed E-state index contributed by atoms with van der Waals surface area (Å²) in [5.41, 5.74) is 1.10. The van der Waals surface area contributed by atoms with Gasteiger partial charge in [-0.1, -0.05) is 6.92 Å². The van der Waals surface area contributed by atoms with Gasteiger partial charge in [0.2, 0.25) is 0 Å². The quantitative estimate of drug-likeness (QED) is 0.575. The Labute approximate surface area is 150 Å². The second-order valence-corrected chi connectivity index (χ2v) is 7.43. The molecule has 0 unspecified atom stereocenters. The number of aryl methyl sites for hydroxylation is 2. The van der Waals surface area contributed by atoms with Crippen LogP contribution < -0.4 is 10.6 Å². The smallest absolute Gasteiger partial charge is 0.191 e. The summed E-state index contributed by atoms with van der Waals surface area (Å²) >= 11 is 1.74. The first-order valence-electron chi connectivity index (χ1n) is 9.02. The molecule has 2 heterocycles. The van der Waals surface area contributed by atoms with E-state index < -0.39 is 0 Å². The van der Waals surface area contributed by atoms with Crippen molar-refractivity contribution in [1.29, 1.82) is 0 Å². The van der Waals surface area contributed by atoms with Gasteiger partial charge in [-0.2, -0.15) is 0 Å². The molecule has 7 heteroatoms. The number of aliphatic imine (C=N–C) groups is 1. The van der Waals surface area contributed by atoms with Crippen molar-refractivity contribution in [2.45, 2.75) is 34.2 Å². The van der Waals surface area contributed by atoms with Crippen LogP contribution in [0.25, 0.3) is 0 Å². The standard InChI is InChI=1S/C17H32N6S/c1-5-18-17(20-13-16-14(3)21-15(4)24-16)19-7-8-23-11-9-22(6-2)10-12-23/h5-13H2,1-4H3,(H2,18,19,20). The molecule has 2 rings (SSSR count). The van der Waals surface area contributed by atoms with E-state index in [9.17, 15) is 0 Å². The molecule has 1 aromatic rings. The van der Waals surface area contributed by atoms with E-state index in [1.807, 2.05) is 6.92 Å². The third-order valence-electron chi connectivity index (χ3n) is 4.36. The van der Waals surface area contributed by atoms with Crippen LogP contribution in [0, 0.1) is 13.8 Å². The molecule has 1 saturated heterocycles. The number of guanidine groups is 1. The fourth-order valence-corrected chi connectivity index (χ4v) is 3.74. The van der Waals surface area contributed by atoms with Crippen LogP contribution in [0.4, 0.5) is 0 Å². The third-order valence-corrected chi connectivity index (χ3v) is 5.41. The molecule has 1 aromatic heterocycles. The lowest BCUT2D eigenvalue weighted by molar-refractivity contribution is 0.139. The van der Waals surface area contributed by atoms with Gasteiger partial charge in [-0.3, -0.25) is 4.90 Å². The first kappa shape index (κ1) is 19.1. The Morgan fingerprint density at radius 3 is 2.42 bits per heavy atom. The number of likely N-dealkylation sites (N-methyl/N-ethyl adjacent to an activating group) is 1. The Morgan fingerprint density at radius 1 is 1.12 bits per heavy atom. The molecule has 2 N–H and O–H groups in total. The highest BCUT2D eigenvalue weighted by atomic mass is 32.1. The van der Waals surface area contributed by atoms with Gasteiger partial charge in [0, 0.05) is 50.7 Å². The van der Waals surface area contributed by atoms with Crippen LogP contribution in [0.1, 0.15) is 29.4 Å². The maximum Gasteiger partial charge on any atom is 0.191 e. The molecule has 0 aromatic carbocycles.